The molecule has 0 aliphatic heterocycles. The molecule has 0 aromatic heterocycles. The monoisotopic (exact) mass is 317 g/mol. The van der Waals surface area contributed by atoms with Gasteiger partial charge < -0.3 is 4.74 Å². The number of rotatable bonds is 3. The van der Waals surface area contributed by atoms with E-state index < -0.39 is 51.6 Å². The number of hydrogen-bond donors (Lipinski definition) is 0. The molecule has 22 heavy (non-hydrogen) atoms. The molecule has 0 atom stereocenters. The summed E-state index contributed by atoms with van der Waals surface area (Å²) in [5.41, 5.74) is -2.22. The fraction of sp³-hybridized carbons (Fsp3) is 0.143. The van der Waals surface area contributed by atoms with Gasteiger partial charge in [-0.05, 0) is 29.5 Å². The van der Waals surface area contributed by atoms with Crippen molar-refractivity contribution in [3.05, 3.63) is 52.6 Å². The molecule has 0 N–H and O–H groups in total. The first kappa shape index (κ1) is 16.3. The number of benzene rings is 2. The predicted octanol–water partition coefficient (Wildman–Crippen LogP) is 2.49. The average Bonchev–Trinajstić information content (AvgIpc) is 2.44. The molecule has 8 heteroatoms. The first-order valence-corrected chi connectivity index (χ1v) is 5.98. The molecule has 2 aromatic carbocycles. The molecule has 115 valence electrons. The van der Waals surface area contributed by atoms with E-state index in [0.29, 0.717) is 19.4 Å². The van der Waals surface area contributed by atoms with Crippen LogP contribution in [-0.4, -0.2) is 14.4 Å². The van der Waals surface area contributed by atoms with Crippen LogP contribution in [0.15, 0.2) is 12.1 Å². The molecule has 0 fully saturated rings. The van der Waals surface area contributed by atoms with Gasteiger partial charge >= 0.3 is 0 Å². The molecule has 0 aliphatic carbocycles. The van der Waals surface area contributed by atoms with Crippen molar-refractivity contribution in [2.75, 3.05) is 7.11 Å². The third kappa shape index (κ3) is 2.65. The Morgan fingerprint density at radius 1 is 0.773 bits per heavy atom. The van der Waals surface area contributed by atoms with Gasteiger partial charge in [0, 0.05) is 6.07 Å². The largest absolute Gasteiger partial charge is 0.491 e. The zero-order valence-electron chi connectivity index (χ0n) is 11.4. The Balaban J connectivity index is 2.60. The summed E-state index contributed by atoms with van der Waals surface area (Å²) in [6.07, 6.45) is 0. The highest BCUT2D eigenvalue weighted by molar-refractivity contribution is 6.67. The first-order valence-electron chi connectivity index (χ1n) is 5.98. The highest BCUT2D eigenvalue weighted by Gasteiger charge is 2.25. The van der Waals surface area contributed by atoms with E-state index in [2.05, 4.69) is 4.74 Å². The first-order chi connectivity index (χ1) is 10.3. The van der Waals surface area contributed by atoms with Crippen LogP contribution in [0.5, 0.6) is 5.75 Å². The zero-order valence-corrected chi connectivity index (χ0v) is 11.4. The van der Waals surface area contributed by atoms with Gasteiger partial charge in [0.15, 0.2) is 29.0 Å². The van der Waals surface area contributed by atoms with E-state index in [1.807, 2.05) is 0 Å². The molecular formula is C14H8BF6O. The molecule has 2 aromatic rings. The van der Waals surface area contributed by atoms with Crippen molar-refractivity contribution in [1.29, 1.82) is 0 Å². The lowest BCUT2D eigenvalue weighted by atomic mass is 9.62. The quantitative estimate of drug-likeness (QED) is 0.480. The van der Waals surface area contributed by atoms with E-state index in [-0.39, 0.29) is 5.56 Å². The summed E-state index contributed by atoms with van der Waals surface area (Å²) in [6.45, 7) is 1.13. The Kier molecular flexibility index (Phi) is 4.39. The van der Waals surface area contributed by atoms with Crippen LogP contribution in [0.4, 0.5) is 26.3 Å². The smallest absolute Gasteiger partial charge is 0.207 e. The molecular weight excluding hydrogens is 309 g/mol. The molecule has 0 aliphatic rings. The van der Waals surface area contributed by atoms with Crippen molar-refractivity contribution in [3.63, 3.8) is 0 Å². The van der Waals surface area contributed by atoms with E-state index in [0.717, 1.165) is 14.0 Å². The summed E-state index contributed by atoms with van der Waals surface area (Å²) in [6, 6.07) is 0.981. The predicted molar refractivity (Wildman–Crippen MR) is 68.9 cm³/mol. The average molecular weight is 317 g/mol. The van der Waals surface area contributed by atoms with Gasteiger partial charge in [-0.1, -0.05) is 0 Å². The minimum absolute atomic E-state index is 0.300. The third-order valence-electron chi connectivity index (χ3n) is 3.03. The maximum atomic E-state index is 13.9. The van der Waals surface area contributed by atoms with E-state index in [4.69, 9.17) is 0 Å². The van der Waals surface area contributed by atoms with E-state index in [9.17, 15) is 26.3 Å². The van der Waals surface area contributed by atoms with Crippen LogP contribution in [0, 0.1) is 41.8 Å². The summed E-state index contributed by atoms with van der Waals surface area (Å²) in [5.74, 6) is -9.28. The minimum Gasteiger partial charge on any atom is -0.491 e. The summed E-state index contributed by atoms with van der Waals surface area (Å²) in [4.78, 5) is 0. The molecule has 0 saturated carbocycles. The van der Waals surface area contributed by atoms with Crippen LogP contribution >= 0.6 is 0 Å². The molecule has 2 rings (SSSR count). The second kappa shape index (κ2) is 5.94. The topological polar surface area (TPSA) is 9.23 Å². The Hall–Kier alpha value is -2.12. The van der Waals surface area contributed by atoms with Gasteiger partial charge in [-0.2, -0.15) is 0 Å². The molecule has 0 amide bonds. The maximum absolute atomic E-state index is 13.9. The number of hydrogen-bond acceptors (Lipinski definition) is 1. The second-order valence-electron chi connectivity index (χ2n) is 4.46. The van der Waals surface area contributed by atoms with E-state index in [1.165, 1.54) is 0 Å². The normalized spacial score (nSPS) is 10.7. The van der Waals surface area contributed by atoms with Gasteiger partial charge in [0.2, 0.25) is 7.28 Å². The van der Waals surface area contributed by atoms with Crippen LogP contribution in [-0.2, 0) is 0 Å². The number of methoxy groups -OCH3 is 1. The van der Waals surface area contributed by atoms with Crippen LogP contribution in [0.2, 0.25) is 0 Å². The molecule has 0 bridgehead atoms. The van der Waals surface area contributed by atoms with E-state index >= 15 is 0 Å². The van der Waals surface area contributed by atoms with Crippen molar-refractivity contribution in [2.45, 2.75) is 6.92 Å². The Bertz CT molecular complexity index is 747. The minimum atomic E-state index is -1.60. The standard InChI is InChI=1S/C14H8BF6O/c1-5-3-6(16)9(12(20)11(5)19)15-10-7(17)4-8(18)14(22-2)13(10)21/h3-4H,1-2H3. The zero-order chi connectivity index (χ0) is 16.6. The number of ether oxygens (including phenoxy) is 1. The fourth-order valence-corrected chi connectivity index (χ4v) is 1.91. The van der Waals surface area contributed by atoms with Gasteiger partial charge in [0.25, 0.3) is 0 Å². The second-order valence-corrected chi connectivity index (χ2v) is 4.46. The van der Waals surface area contributed by atoms with Gasteiger partial charge in [0.05, 0.1) is 7.11 Å². The lowest BCUT2D eigenvalue weighted by Gasteiger charge is -2.11. The molecule has 0 heterocycles. The van der Waals surface area contributed by atoms with Crippen molar-refractivity contribution in [1.82, 2.24) is 0 Å². The summed E-state index contributed by atoms with van der Waals surface area (Å²) in [7, 11) is 1.36. The molecule has 1 nitrogen and oxygen atoms in total. The summed E-state index contributed by atoms with van der Waals surface area (Å²) >= 11 is 0. The van der Waals surface area contributed by atoms with Crippen molar-refractivity contribution >= 4 is 18.2 Å². The molecule has 1 radical (unpaired) electrons. The van der Waals surface area contributed by atoms with Gasteiger partial charge in [-0.3, -0.25) is 0 Å². The van der Waals surface area contributed by atoms with Crippen molar-refractivity contribution < 1.29 is 31.1 Å². The van der Waals surface area contributed by atoms with Crippen molar-refractivity contribution in [2.24, 2.45) is 0 Å². The molecule has 0 spiro atoms. The third-order valence-corrected chi connectivity index (χ3v) is 3.03. The van der Waals surface area contributed by atoms with Gasteiger partial charge in [-0.15, -0.1) is 0 Å². The van der Waals surface area contributed by atoms with Crippen LogP contribution in [0.1, 0.15) is 5.56 Å². The van der Waals surface area contributed by atoms with Crippen LogP contribution in [0.25, 0.3) is 0 Å². The highest BCUT2D eigenvalue weighted by Crippen LogP contribution is 2.21. The lowest BCUT2D eigenvalue weighted by Crippen LogP contribution is -2.37. The lowest BCUT2D eigenvalue weighted by molar-refractivity contribution is 0.358. The van der Waals surface area contributed by atoms with Crippen LogP contribution < -0.4 is 15.7 Å². The Labute approximate surface area is 122 Å². The van der Waals surface area contributed by atoms with Gasteiger partial charge in [0.1, 0.15) is 11.6 Å². The van der Waals surface area contributed by atoms with Gasteiger partial charge in [-0.25, -0.2) is 26.3 Å². The van der Waals surface area contributed by atoms with E-state index in [1.54, 1.807) is 0 Å². The molecule has 0 saturated heterocycles. The number of aryl methyl sites for hydroxylation is 1. The maximum Gasteiger partial charge on any atom is 0.207 e. The number of halogens is 6. The summed E-state index contributed by atoms with van der Waals surface area (Å²) in [5, 5.41) is 0. The molecule has 0 unspecified atom stereocenters. The highest BCUT2D eigenvalue weighted by atomic mass is 19.2. The van der Waals surface area contributed by atoms with Crippen molar-refractivity contribution in [3.8, 4) is 5.75 Å². The summed E-state index contributed by atoms with van der Waals surface area (Å²) < 4.78 is 86.2. The van der Waals surface area contributed by atoms with Crippen LogP contribution in [0.3, 0.4) is 0 Å². The Morgan fingerprint density at radius 3 is 1.91 bits per heavy atom. The fourth-order valence-electron chi connectivity index (χ4n) is 1.91. The Morgan fingerprint density at radius 2 is 1.32 bits per heavy atom. The SMILES string of the molecule is COc1c(F)cc(F)c([B]c2c(F)cc(C)c(F)c2F)c1F.